The fraction of sp³-hybridized carbons (Fsp3) is 0.375. The van der Waals surface area contributed by atoms with E-state index in [-0.39, 0.29) is 17.2 Å². The third-order valence-corrected chi connectivity index (χ3v) is 3.81. The Bertz CT molecular complexity index is 845. The van der Waals surface area contributed by atoms with E-state index in [1.165, 1.54) is 6.07 Å². The Morgan fingerprint density at radius 3 is 2.27 bits per heavy atom. The van der Waals surface area contributed by atoms with Crippen molar-refractivity contribution < 1.29 is 18.7 Å². The van der Waals surface area contributed by atoms with Crippen LogP contribution in [0.2, 0.25) is 0 Å². The molecule has 3 heterocycles. The molecule has 2 unspecified atom stereocenters. The minimum atomic E-state index is -0.666. The van der Waals surface area contributed by atoms with Crippen molar-refractivity contribution in [3.8, 4) is 11.5 Å². The van der Waals surface area contributed by atoms with Gasteiger partial charge in [0.05, 0.1) is 5.56 Å². The van der Waals surface area contributed by atoms with E-state index in [2.05, 4.69) is 0 Å². The van der Waals surface area contributed by atoms with Crippen molar-refractivity contribution in [1.82, 2.24) is 0 Å². The van der Waals surface area contributed by atoms with Crippen molar-refractivity contribution in [2.24, 2.45) is 0 Å². The molecular weight excluding hydrogens is 288 g/mol. The van der Waals surface area contributed by atoms with Gasteiger partial charge in [0.2, 0.25) is 0 Å². The number of fused-ring (bicyclic) bond motifs is 1. The van der Waals surface area contributed by atoms with Gasteiger partial charge in [0, 0.05) is 12.1 Å². The Hall–Kier alpha value is -2.50. The van der Waals surface area contributed by atoms with Crippen molar-refractivity contribution in [3.63, 3.8) is 0 Å². The van der Waals surface area contributed by atoms with Gasteiger partial charge >= 0.3 is 11.3 Å². The first-order valence-electron chi connectivity index (χ1n) is 7.01. The monoisotopic (exact) mass is 304 g/mol. The van der Waals surface area contributed by atoms with Gasteiger partial charge in [-0.15, -0.1) is 0 Å². The SMILES string of the molecule is Cc1cc2c(c(=O)o1)C(C)CC(c1c(O)cc(C)oc1=O)O2. The van der Waals surface area contributed by atoms with Crippen molar-refractivity contribution in [2.45, 2.75) is 39.2 Å². The Morgan fingerprint density at radius 2 is 1.64 bits per heavy atom. The topological polar surface area (TPSA) is 89.9 Å². The van der Waals surface area contributed by atoms with Crippen LogP contribution >= 0.6 is 0 Å². The molecular formula is C16H16O6. The molecule has 0 aromatic carbocycles. The molecule has 1 aliphatic heterocycles. The quantitative estimate of drug-likeness (QED) is 0.870. The van der Waals surface area contributed by atoms with E-state index in [1.807, 2.05) is 6.92 Å². The molecule has 0 fully saturated rings. The van der Waals surface area contributed by atoms with Crippen molar-refractivity contribution in [2.75, 3.05) is 0 Å². The number of rotatable bonds is 1. The highest BCUT2D eigenvalue weighted by molar-refractivity contribution is 5.40. The Morgan fingerprint density at radius 1 is 1.05 bits per heavy atom. The zero-order valence-electron chi connectivity index (χ0n) is 12.5. The molecule has 0 aliphatic carbocycles. The summed E-state index contributed by atoms with van der Waals surface area (Å²) in [5, 5.41) is 10.0. The summed E-state index contributed by atoms with van der Waals surface area (Å²) in [7, 11) is 0. The van der Waals surface area contributed by atoms with Gasteiger partial charge in [0.25, 0.3) is 0 Å². The average molecular weight is 304 g/mol. The molecule has 22 heavy (non-hydrogen) atoms. The Balaban J connectivity index is 2.10. The lowest BCUT2D eigenvalue weighted by Crippen LogP contribution is -2.27. The fourth-order valence-electron chi connectivity index (χ4n) is 2.85. The molecule has 0 spiro atoms. The molecule has 2 aromatic rings. The fourth-order valence-corrected chi connectivity index (χ4v) is 2.85. The van der Waals surface area contributed by atoms with Crippen LogP contribution in [0.4, 0.5) is 0 Å². The zero-order chi connectivity index (χ0) is 16.0. The molecule has 2 aromatic heterocycles. The van der Waals surface area contributed by atoms with Crippen LogP contribution in [0.3, 0.4) is 0 Å². The standard InChI is InChI=1S/C16H16O6/c1-7-4-11(14-10(17)5-8(2)20-16(14)19)22-12-6-9(3)21-15(18)13(7)12/h5-7,11,17H,4H2,1-3H3. The first-order valence-corrected chi connectivity index (χ1v) is 7.01. The molecule has 2 atom stereocenters. The van der Waals surface area contributed by atoms with E-state index >= 15 is 0 Å². The van der Waals surface area contributed by atoms with Gasteiger partial charge in [-0.25, -0.2) is 9.59 Å². The summed E-state index contributed by atoms with van der Waals surface area (Å²) in [6.07, 6.45) is -0.289. The number of ether oxygens (including phenoxy) is 1. The number of aromatic hydroxyl groups is 1. The number of aryl methyl sites for hydroxylation is 2. The smallest absolute Gasteiger partial charge is 0.346 e. The van der Waals surface area contributed by atoms with E-state index in [1.54, 1.807) is 19.9 Å². The maximum atomic E-state index is 12.0. The van der Waals surface area contributed by atoms with Crippen LogP contribution in [0.1, 0.15) is 48.0 Å². The lowest BCUT2D eigenvalue weighted by molar-refractivity contribution is 0.151. The summed E-state index contributed by atoms with van der Waals surface area (Å²) < 4.78 is 15.9. The predicted octanol–water partition coefficient (Wildman–Crippen LogP) is 2.54. The Kier molecular flexibility index (Phi) is 3.31. The van der Waals surface area contributed by atoms with E-state index in [0.717, 1.165) is 0 Å². The second-order valence-electron chi connectivity index (χ2n) is 5.61. The lowest BCUT2D eigenvalue weighted by Gasteiger charge is -2.29. The molecule has 0 bridgehead atoms. The normalized spacial score (nSPS) is 20.3. The van der Waals surface area contributed by atoms with Crippen molar-refractivity contribution in [3.05, 3.63) is 55.6 Å². The van der Waals surface area contributed by atoms with Crippen LogP contribution in [-0.4, -0.2) is 5.11 Å². The summed E-state index contributed by atoms with van der Waals surface area (Å²) in [5.41, 5.74) is -0.522. The second-order valence-corrected chi connectivity index (χ2v) is 5.61. The maximum absolute atomic E-state index is 12.0. The molecule has 6 heteroatoms. The number of hydrogen-bond acceptors (Lipinski definition) is 6. The summed E-state index contributed by atoms with van der Waals surface area (Å²) in [6.45, 7) is 5.09. The first-order chi connectivity index (χ1) is 10.4. The molecule has 0 radical (unpaired) electrons. The summed E-state index contributed by atoms with van der Waals surface area (Å²) in [4.78, 5) is 24.0. The van der Waals surface area contributed by atoms with Crippen molar-refractivity contribution >= 4 is 0 Å². The maximum Gasteiger partial charge on any atom is 0.346 e. The molecule has 1 N–H and O–H groups in total. The molecule has 0 amide bonds. The summed E-state index contributed by atoms with van der Waals surface area (Å²) >= 11 is 0. The van der Waals surface area contributed by atoms with E-state index in [9.17, 15) is 14.7 Å². The highest BCUT2D eigenvalue weighted by Crippen LogP contribution is 2.41. The molecule has 1 aliphatic rings. The van der Waals surface area contributed by atoms with Crippen LogP contribution in [0.25, 0.3) is 0 Å². The van der Waals surface area contributed by atoms with Crippen LogP contribution in [0, 0.1) is 13.8 Å². The van der Waals surface area contributed by atoms with Gasteiger partial charge in [-0.1, -0.05) is 6.92 Å². The first kappa shape index (κ1) is 14.4. The molecule has 3 rings (SSSR count). The van der Waals surface area contributed by atoms with E-state index in [0.29, 0.717) is 29.3 Å². The zero-order valence-corrected chi connectivity index (χ0v) is 12.5. The Labute approximate surface area is 126 Å². The molecule has 0 saturated heterocycles. The van der Waals surface area contributed by atoms with Gasteiger partial charge in [0.15, 0.2) is 0 Å². The van der Waals surface area contributed by atoms with Gasteiger partial charge in [-0.3, -0.25) is 0 Å². The summed E-state index contributed by atoms with van der Waals surface area (Å²) in [5.74, 6) is 0.820. The predicted molar refractivity (Wildman–Crippen MR) is 77.5 cm³/mol. The lowest BCUT2D eigenvalue weighted by atomic mass is 9.90. The third kappa shape index (κ3) is 2.30. The molecule has 6 nitrogen and oxygen atoms in total. The van der Waals surface area contributed by atoms with Crippen LogP contribution in [-0.2, 0) is 0 Å². The van der Waals surface area contributed by atoms with Crippen LogP contribution in [0.5, 0.6) is 11.5 Å². The summed E-state index contributed by atoms with van der Waals surface area (Å²) in [6, 6.07) is 3.00. The van der Waals surface area contributed by atoms with Gasteiger partial charge < -0.3 is 18.7 Å². The highest BCUT2D eigenvalue weighted by atomic mass is 16.5. The van der Waals surface area contributed by atoms with Crippen LogP contribution < -0.4 is 16.0 Å². The average Bonchev–Trinajstić information content (AvgIpc) is 2.35. The van der Waals surface area contributed by atoms with E-state index in [4.69, 9.17) is 13.6 Å². The third-order valence-electron chi connectivity index (χ3n) is 3.81. The molecule has 0 saturated carbocycles. The minimum Gasteiger partial charge on any atom is -0.507 e. The highest BCUT2D eigenvalue weighted by Gasteiger charge is 2.33. The molecule has 116 valence electrons. The van der Waals surface area contributed by atoms with Gasteiger partial charge in [-0.2, -0.15) is 0 Å². The van der Waals surface area contributed by atoms with Crippen LogP contribution in [0.15, 0.2) is 30.6 Å². The minimum absolute atomic E-state index is 0.0778. The van der Waals surface area contributed by atoms with E-state index < -0.39 is 17.4 Å². The van der Waals surface area contributed by atoms with Gasteiger partial charge in [-0.05, 0) is 26.2 Å². The largest absolute Gasteiger partial charge is 0.507 e. The van der Waals surface area contributed by atoms with Crippen molar-refractivity contribution in [1.29, 1.82) is 0 Å². The second kappa shape index (κ2) is 5.05. The number of hydrogen-bond donors (Lipinski definition) is 1. The van der Waals surface area contributed by atoms with Gasteiger partial charge in [0.1, 0.15) is 34.7 Å².